The van der Waals surface area contributed by atoms with Gasteiger partial charge in [0.1, 0.15) is 6.04 Å². The van der Waals surface area contributed by atoms with Crippen LogP contribution in [0.4, 0.5) is 4.79 Å². The molecule has 0 bridgehead atoms. The number of carbonyl (C=O) groups is 3. The van der Waals surface area contributed by atoms with Crippen LogP contribution in [-0.2, 0) is 19.4 Å². The molecule has 22 heavy (non-hydrogen) atoms. The number of carbonyl (C=O) groups excluding carboxylic acids is 2. The summed E-state index contributed by atoms with van der Waals surface area (Å²) in [5.74, 6) is -1.69. The Kier molecular flexibility index (Phi) is 6.15. The smallest absolute Gasteiger partial charge is 0.326 e. The highest BCUT2D eigenvalue weighted by atomic mass is 32.2. The lowest BCUT2D eigenvalue weighted by Gasteiger charge is -2.34. The van der Waals surface area contributed by atoms with Gasteiger partial charge >= 0.3 is 12.0 Å². The Morgan fingerprint density at radius 1 is 1.27 bits per heavy atom. The summed E-state index contributed by atoms with van der Waals surface area (Å²) in [5, 5.41) is 11.6. The number of nitrogens with one attached hydrogen (secondary N) is 1. The first kappa shape index (κ1) is 18.2. The zero-order chi connectivity index (χ0) is 16.9. The minimum absolute atomic E-state index is 0.0368. The number of amides is 3. The Morgan fingerprint density at radius 2 is 1.82 bits per heavy atom. The predicted octanol–water partition coefficient (Wildman–Crippen LogP) is -1.25. The van der Waals surface area contributed by atoms with Gasteiger partial charge in [0.25, 0.3) is 0 Å². The van der Waals surface area contributed by atoms with E-state index in [0.29, 0.717) is 0 Å². The number of carboxylic acid groups (broad SMARTS) is 1. The van der Waals surface area contributed by atoms with Crippen molar-refractivity contribution in [3.05, 3.63) is 0 Å². The Hall–Kier alpha value is -1.84. The molecule has 1 saturated heterocycles. The fourth-order valence-electron chi connectivity index (χ4n) is 2.03. The molecule has 1 atom stereocenters. The standard InChI is InChI=1S/C12H21N3O6S/c1-9(11(17)18)15(4-3-13-10(2)16)12(19)14-5-7-22(20,21)8-6-14/h9H,3-8H2,1-2H3,(H,13,16)(H,17,18). The second-order valence-corrected chi connectivity index (χ2v) is 7.42. The second-order valence-electron chi connectivity index (χ2n) is 5.11. The van der Waals surface area contributed by atoms with Crippen molar-refractivity contribution in [3.8, 4) is 0 Å². The predicted molar refractivity (Wildman–Crippen MR) is 78.1 cm³/mol. The molecule has 0 radical (unpaired) electrons. The maximum Gasteiger partial charge on any atom is 0.326 e. The van der Waals surface area contributed by atoms with E-state index >= 15 is 0 Å². The van der Waals surface area contributed by atoms with Crippen molar-refractivity contribution < 1.29 is 27.9 Å². The molecule has 9 nitrogen and oxygen atoms in total. The number of hydrogen-bond donors (Lipinski definition) is 2. The van der Waals surface area contributed by atoms with Crippen LogP contribution in [0, 0.1) is 0 Å². The number of rotatable bonds is 5. The van der Waals surface area contributed by atoms with Crippen LogP contribution in [0.25, 0.3) is 0 Å². The lowest BCUT2D eigenvalue weighted by molar-refractivity contribution is -0.141. The van der Waals surface area contributed by atoms with Gasteiger partial charge in [-0.1, -0.05) is 0 Å². The SMILES string of the molecule is CC(=O)NCCN(C(=O)N1CCS(=O)(=O)CC1)C(C)C(=O)O. The van der Waals surface area contributed by atoms with E-state index in [-0.39, 0.29) is 43.6 Å². The molecule has 1 aliphatic rings. The summed E-state index contributed by atoms with van der Waals surface area (Å²) < 4.78 is 22.8. The molecule has 10 heteroatoms. The Labute approximate surface area is 129 Å². The van der Waals surface area contributed by atoms with Gasteiger partial charge in [-0.15, -0.1) is 0 Å². The average Bonchev–Trinajstić information content (AvgIpc) is 2.42. The molecule has 1 unspecified atom stereocenters. The Bertz CT molecular complexity index is 533. The van der Waals surface area contributed by atoms with E-state index in [1.165, 1.54) is 18.7 Å². The lowest BCUT2D eigenvalue weighted by atomic mass is 10.3. The van der Waals surface area contributed by atoms with E-state index in [2.05, 4.69) is 5.32 Å². The van der Waals surface area contributed by atoms with Crippen molar-refractivity contribution in [3.63, 3.8) is 0 Å². The first-order chi connectivity index (χ1) is 10.1. The van der Waals surface area contributed by atoms with Gasteiger partial charge in [-0.25, -0.2) is 18.0 Å². The zero-order valence-electron chi connectivity index (χ0n) is 12.6. The van der Waals surface area contributed by atoms with E-state index < -0.39 is 27.9 Å². The highest BCUT2D eigenvalue weighted by Crippen LogP contribution is 2.10. The quantitative estimate of drug-likeness (QED) is 0.647. The first-order valence-corrected chi connectivity index (χ1v) is 8.69. The Balaban J connectivity index is 2.74. The molecule has 0 aromatic heterocycles. The van der Waals surface area contributed by atoms with E-state index in [1.54, 1.807) is 0 Å². The molecule has 0 aliphatic carbocycles. The van der Waals surface area contributed by atoms with Crippen LogP contribution in [0.15, 0.2) is 0 Å². The van der Waals surface area contributed by atoms with E-state index in [1.807, 2.05) is 0 Å². The largest absolute Gasteiger partial charge is 0.480 e. The normalized spacial score (nSPS) is 18.4. The van der Waals surface area contributed by atoms with Crippen molar-refractivity contribution >= 4 is 27.7 Å². The topological polar surface area (TPSA) is 124 Å². The minimum atomic E-state index is -3.13. The summed E-state index contributed by atoms with van der Waals surface area (Å²) in [6.45, 7) is 2.95. The number of urea groups is 1. The summed E-state index contributed by atoms with van der Waals surface area (Å²) in [6, 6.07) is -1.60. The molecular formula is C12H21N3O6S. The van der Waals surface area contributed by atoms with Crippen molar-refractivity contribution in [1.29, 1.82) is 0 Å². The van der Waals surface area contributed by atoms with Gasteiger partial charge in [-0.05, 0) is 6.92 Å². The monoisotopic (exact) mass is 335 g/mol. The average molecular weight is 335 g/mol. The van der Waals surface area contributed by atoms with Crippen LogP contribution in [0.5, 0.6) is 0 Å². The maximum atomic E-state index is 12.4. The third-order valence-electron chi connectivity index (χ3n) is 3.41. The summed E-state index contributed by atoms with van der Waals surface area (Å²) in [7, 11) is -3.13. The van der Waals surface area contributed by atoms with Gasteiger partial charge in [-0.2, -0.15) is 0 Å². The number of hydrogen-bond acceptors (Lipinski definition) is 5. The molecule has 2 N–H and O–H groups in total. The highest BCUT2D eigenvalue weighted by Gasteiger charge is 2.32. The van der Waals surface area contributed by atoms with Gasteiger partial charge in [0.05, 0.1) is 11.5 Å². The fourth-order valence-corrected chi connectivity index (χ4v) is 3.23. The van der Waals surface area contributed by atoms with Crippen LogP contribution in [-0.4, -0.2) is 85.0 Å². The molecule has 126 valence electrons. The molecular weight excluding hydrogens is 314 g/mol. The molecule has 1 fully saturated rings. The van der Waals surface area contributed by atoms with Crippen molar-refractivity contribution in [2.24, 2.45) is 0 Å². The van der Waals surface area contributed by atoms with E-state index in [9.17, 15) is 22.8 Å². The first-order valence-electron chi connectivity index (χ1n) is 6.87. The number of aliphatic carboxylic acids is 1. The van der Waals surface area contributed by atoms with E-state index in [0.717, 1.165) is 4.90 Å². The molecule has 0 aromatic rings. The zero-order valence-corrected chi connectivity index (χ0v) is 13.4. The van der Waals surface area contributed by atoms with E-state index in [4.69, 9.17) is 5.11 Å². The number of sulfone groups is 1. The van der Waals surface area contributed by atoms with Crippen LogP contribution < -0.4 is 5.32 Å². The second kappa shape index (κ2) is 7.43. The molecule has 0 spiro atoms. The van der Waals surface area contributed by atoms with Gasteiger partial charge in [0.15, 0.2) is 9.84 Å². The Morgan fingerprint density at radius 3 is 2.27 bits per heavy atom. The van der Waals surface area contributed by atoms with Gasteiger partial charge in [0.2, 0.25) is 5.91 Å². The number of nitrogens with zero attached hydrogens (tertiary/aromatic N) is 2. The third-order valence-corrected chi connectivity index (χ3v) is 5.02. The molecule has 0 saturated carbocycles. The molecule has 0 aromatic carbocycles. The summed E-state index contributed by atoms with van der Waals surface area (Å²) >= 11 is 0. The summed E-state index contributed by atoms with van der Waals surface area (Å²) in [4.78, 5) is 36.9. The molecule has 1 aliphatic heterocycles. The van der Waals surface area contributed by atoms with Crippen LogP contribution in [0.1, 0.15) is 13.8 Å². The van der Waals surface area contributed by atoms with Crippen LogP contribution >= 0.6 is 0 Å². The fraction of sp³-hybridized carbons (Fsp3) is 0.750. The van der Waals surface area contributed by atoms with Crippen LogP contribution in [0.3, 0.4) is 0 Å². The van der Waals surface area contributed by atoms with Crippen molar-refractivity contribution in [1.82, 2.24) is 15.1 Å². The lowest BCUT2D eigenvalue weighted by Crippen LogP contribution is -2.55. The molecule has 1 heterocycles. The van der Waals surface area contributed by atoms with Gasteiger partial charge in [-0.3, -0.25) is 4.79 Å². The maximum absolute atomic E-state index is 12.4. The molecule has 3 amide bonds. The third kappa shape index (κ3) is 5.17. The van der Waals surface area contributed by atoms with Gasteiger partial charge in [0, 0.05) is 33.1 Å². The van der Waals surface area contributed by atoms with Crippen molar-refractivity contribution in [2.75, 3.05) is 37.7 Å². The summed E-state index contributed by atoms with van der Waals surface area (Å²) in [5.41, 5.74) is 0. The minimum Gasteiger partial charge on any atom is -0.480 e. The van der Waals surface area contributed by atoms with Gasteiger partial charge < -0.3 is 20.2 Å². The highest BCUT2D eigenvalue weighted by molar-refractivity contribution is 7.91. The van der Waals surface area contributed by atoms with Crippen molar-refractivity contribution in [2.45, 2.75) is 19.9 Å². The number of carboxylic acids is 1. The molecule has 1 rings (SSSR count). The van der Waals surface area contributed by atoms with Crippen LogP contribution in [0.2, 0.25) is 0 Å². The summed E-state index contributed by atoms with van der Waals surface area (Å²) in [6.07, 6.45) is 0.